The summed E-state index contributed by atoms with van der Waals surface area (Å²) in [6, 6.07) is 9.46. The van der Waals surface area contributed by atoms with Gasteiger partial charge in [0.15, 0.2) is 0 Å². The maximum absolute atomic E-state index is 13.9. The van der Waals surface area contributed by atoms with Crippen LogP contribution in [0.2, 0.25) is 0 Å². The van der Waals surface area contributed by atoms with E-state index in [-0.39, 0.29) is 24.4 Å². The van der Waals surface area contributed by atoms with E-state index >= 15 is 0 Å². The number of aromatic nitrogens is 3. The molecular formula is C21H19FN4O3. The van der Waals surface area contributed by atoms with Gasteiger partial charge in [-0.15, -0.1) is 0 Å². The molecule has 1 N–H and O–H groups in total. The Morgan fingerprint density at radius 3 is 2.76 bits per heavy atom. The second kappa shape index (κ2) is 7.38. The van der Waals surface area contributed by atoms with Gasteiger partial charge in [-0.3, -0.25) is 9.59 Å². The second-order valence-electron chi connectivity index (χ2n) is 6.69. The van der Waals surface area contributed by atoms with Crippen molar-refractivity contribution in [3.8, 4) is 5.75 Å². The number of fused-ring (bicyclic) bond motifs is 3. The molecule has 0 radical (unpaired) electrons. The number of nitrogens with zero attached hydrogens (tertiary/aromatic N) is 3. The number of aryl methyl sites for hydroxylation is 2. The molecule has 0 aliphatic rings. The van der Waals surface area contributed by atoms with Crippen molar-refractivity contribution in [1.29, 1.82) is 0 Å². The fraction of sp³-hybridized carbons (Fsp3) is 0.190. The van der Waals surface area contributed by atoms with E-state index in [1.54, 1.807) is 28.8 Å². The highest BCUT2D eigenvalue weighted by Gasteiger charge is 2.14. The van der Waals surface area contributed by atoms with Crippen molar-refractivity contribution in [2.45, 2.75) is 19.9 Å². The van der Waals surface area contributed by atoms with E-state index in [1.807, 2.05) is 13.0 Å². The molecule has 0 saturated heterocycles. The number of amides is 1. The van der Waals surface area contributed by atoms with Crippen molar-refractivity contribution in [3.63, 3.8) is 0 Å². The zero-order valence-corrected chi connectivity index (χ0v) is 16.0. The van der Waals surface area contributed by atoms with Gasteiger partial charge < -0.3 is 19.0 Å². The molecule has 0 unspecified atom stereocenters. The van der Waals surface area contributed by atoms with Gasteiger partial charge in [0.05, 0.1) is 24.3 Å². The molecule has 4 aromatic rings. The molecule has 148 valence electrons. The van der Waals surface area contributed by atoms with Gasteiger partial charge in [-0.25, -0.2) is 9.37 Å². The SMILES string of the molecule is COc1ccc(NC(=O)CCn2c(=O)c3c(C)ccn3c3ccc(F)cc32)nc1. The Kier molecular flexibility index (Phi) is 4.75. The fourth-order valence-corrected chi connectivity index (χ4v) is 3.37. The lowest BCUT2D eigenvalue weighted by atomic mass is 10.2. The monoisotopic (exact) mass is 394 g/mol. The Hall–Kier alpha value is -3.68. The van der Waals surface area contributed by atoms with Crippen LogP contribution in [0, 0.1) is 12.7 Å². The van der Waals surface area contributed by atoms with Crippen LogP contribution in [0.4, 0.5) is 10.2 Å². The van der Waals surface area contributed by atoms with Gasteiger partial charge >= 0.3 is 0 Å². The number of ether oxygens (including phenoxy) is 1. The van der Waals surface area contributed by atoms with E-state index in [2.05, 4.69) is 10.3 Å². The number of anilines is 1. The number of carbonyl (C=O) groups excluding carboxylic acids is 1. The number of hydrogen-bond donors (Lipinski definition) is 1. The first-order valence-electron chi connectivity index (χ1n) is 9.07. The van der Waals surface area contributed by atoms with Crippen molar-refractivity contribution < 1.29 is 13.9 Å². The molecule has 3 aromatic heterocycles. The van der Waals surface area contributed by atoms with Crippen LogP contribution in [-0.4, -0.2) is 27.0 Å². The third-order valence-electron chi connectivity index (χ3n) is 4.83. The Labute approximate surface area is 165 Å². The van der Waals surface area contributed by atoms with Crippen molar-refractivity contribution in [2.75, 3.05) is 12.4 Å². The summed E-state index contributed by atoms with van der Waals surface area (Å²) in [6.45, 7) is 1.96. The summed E-state index contributed by atoms with van der Waals surface area (Å²) in [7, 11) is 1.53. The maximum atomic E-state index is 13.9. The zero-order chi connectivity index (χ0) is 20.5. The molecule has 7 nitrogen and oxygen atoms in total. The highest BCUT2D eigenvalue weighted by Crippen LogP contribution is 2.19. The third kappa shape index (κ3) is 3.44. The van der Waals surface area contributed by atoms with Gasteiger partial charge in [-0.1, -0.05) is 0 Å². The van der Waals surface area contributed by atoms with E-state index in [9.17, 15) is 14.0 Å². The Morgan fingerprint density at radius 2 is 2.03 bits per heavy atom. The van der Waals surface area contributed by atoms with Crippen LogP contribution < -0.4 is 15.6 Å². The molecule has 0 spiro atoms. The van der Waals surface area contributed by atoms with E-state index in [4.69, 9.17) is 4.74 Å². The average Bonchev–Trinajstić information content (AvgIpc) is 3.10. The van der Waals surface area contributed by atoms with Crippen LogP contribution in [0.1, 0.15) is 12.0 Å². The average molecular weight is 394 g/mol. The number of hydrogen-bond acceptors (Lipinski definition) is 4. The highest BCUT2D eigenvalue weighted by atomic mass is 19.1. The quantitative estimate of drug-likeness (QED) is 0.564. The lowest BCUT2D eigenvalue weighted by Crippen LogP contribution is -2.25. The summed E-state index contributed by atoms with van der Waals surface area (Å²) in [6.07, 6.45) is 3.33. The minimum atomic E-state index is -0.444. The normalized spacial score (nSPS) is 11.1. The summed E-state index contributed by atoms with van der Waals surface area (Å²) in [5.74, 6) is 0.225. The second-order valence-corrected chi connectivity index (χ2v) is 6.69. The van der Waals surface area contributed by atoms with E-state index in [1.165, 1.54) is 30.0 Å². The number of nitrogens with one attached hydrogen (secondary N) is 1. The van der Waals surface area contributed by atoms with Gasteiger partial charge in [0, 0.05) is 19.2 Å². The Bertz CT molecular complexity index is 1280. The summed E-state index contributed by atoms with van der Waals surface area (Å²) in [5, 5.41) is 2.69. The van der Waals surface area contributed by atoms with Gasteiger partial charge in [0.2, 0.25) is 5.91 Å². The first-order valence-corrected chi connectivity index (χ1v) is 9.07. The molecule has 0 aliphatic heterocycles. The summed E-state index contributed by atoms with van der Waals surface area (Å²) < 4.78 is 22.1. The van der Waals surface area contributed by atoms with Crippen LogP contribution in [0.25, 0.3) is 16.6 Å². The van der Waals surface area contributed by atoms with Crippen LogP contribution in [-0.2, 0) is 11.3 Å². The van der Waals surface area contributed by atoms with Crippen LogP contribution in [0.5, 0.6) is 5.75 Å². The first kappa shape index (κ1) is 18.7. The molecule has 29 heavy (non-hydrogen) atoms. The standard InChI is InChI=1S/C21H19FN4O3/c1-13-7-9-25-16-5-3-14(22)11-17(16)26(21(28)20(13)25)10-8-19(27)24-18-6-4-15(29-2)12-23-18/h3-7,9,11-12H,8,10H2,1-2H3,(H,23,24,27). The summed E-state index contributed by atoms with van der Waals surface area (Å²) in [4.78, 5) is 29.5. The number of rotatable bonds is 5. The molecule has 1 amide bonds. The number of benzene rings is 1. The highest BCUT2D eigenvalue weighted by molar-refractivity contribution is 5.90. The molecule has 0 saturated carbocycles. The fourth-order valence-electron chi connectivity index (χ4n) is 3.37. The molecule has 1 aromatic carbocycles. The number of carbonyl (C=O) groups is 1. The molecule has 8 heteroatoms. The van der Waals surface area contributed by atoms with Crippen molar-refractivity contribution in [1.82, 2.24) is 14.0 Å². The predicted molar refractivity (Wildman–Crippen MR) is 108 cm³/mol. The molecule has 3 heterocycles. The van der Waals surface area contributed by atoms with Crippen LogP contribution in [0.15, 0.2) is 53.6 Å². The summed E-state index contributed by atoms with van der Waals surface area (Å²) >= 11 is 0. The molecule has 0 fully saturated rings. The van der Waals surface area contributed by atoms with E-state index < -0.39 is 5.82 Å². The van der Waals surface area contributed by atoms with E-state index in [0.717, 1.165) is 5.56 Å². The lowest BCUT2D eigenvalue weighted by molar-refractivity contribution is -0.116. The Balaban J connectivity index is 1.65. The number of methoxy groups -OCH3 is 1. The zero-order valence-electron chi connectivity index (χ0n) is 16.0. The molecule has 4 rings (SSSR count). The minimum absolute atomic E-state index is 0.0369. The van der Waals surface area contributed by atoms with Gasteiger partial charge in [-0.2, -0.15) is 0 Å². The van der Waals surface area contributed by atoms with Crippen LogP contribution >= 0.6 is 0 Å². The van der Waals surface area contributed by atoms with Gasteiger partial charge in [-0.05, 0) is 48.9 Å². The van der Waals surface area contributed by atoms with Crippen molar-refractivity contribution >= 4 is 28.3 Å². The minimum Gasteiger partial charge on any atom is -0.495 e. The Morgan fingerprint density at radius 1 is 1.21 bits per heavy atom. The topological polar surface area (TPSA) is 77.6 Å². The molecule has 0 atom stereocenters. The van der Waals surface area contributed by atoms with Crippen molar-refractivity contribution in [2.24, 2.45) is 0 Å². The number of pyridine rings is 1. The predicted octanol–water partition coefficient (Wildman–Crippen LogP) is 3.13. The molecule has 0 bridgehead atoms. The van der Waals surface area contributed by atoms with Gasteiger partial charge in [0.1, 0.15) is 22.9 Å². The smallest absolute Gasteiger partial charge is 0.275 e. The van der Waals surface area contributed by atoms with Crippen LogP contribution in [0.3, 0.4) is 0 Å². The first-order chi connectivity index (χ1) is 14.0. The molecule has 0 aliphatic carbocycles. The van der Waals surface area contributed by atoms with Crippen molar-refractivity contribution in [3.05, 3.63) is 70.5 Å². The van der Waals surface area contributed by atoms with E-state index in [0.29, 0.717) is 28.1 Å². The lowest BCUT2D eigenvalue weighted by Gasteiger charge is -2.13. The summed E-state index contributed by atoms with van der Waals surface area (Å²) in [5.41, 5.74) is 2.21. The largest absolute Gasteiger partial charge is 0.495 e. The third-order valence-corrected chi connectivity index (χ3v) is 4.83. The van der Waals surface area contributed by atoms with Gasteiger partial charge in [0.25, 0.3) is 5.56 Å². The number of halogens is 1. The molecular weight excluding hydrogens is 375 g/mol. The maximum Gasteiger partial charge on any atom is 0.275 e.